The minimum absolute atomic E-state index is 0.201. The smallest absolute Gasteiger partial charge is 0.411 e. The van der Waals surface area contributed by atoms with E-state index in [0.29, 0.717) is 0 Å². The molecule has 3 N–H and O–H groups in total. The number of carboxylic acid groups (broad SMARTS) is 1. The van der Waals surface area contributed by atoms with Gasteiger partial charge in [-0.15, -0.1) is 0 Å². The fourth-order valence-electron chi connectivity index (χ4n) is 1.92. The Morgan fingerprint density at radius 2 is 1.76 bits per heavy atom. The van der Waals surface area contributed by atoms with Crippen LogP contribution in [-0.4, -0.2) is 28.8 Å². The van der Waals surface area contributed by atoms with Crippen LogP contribution in [0.4, 0.5) is 18.0 Å². The summed E-state index contributed by atoms with van der Waals surface area (Å²) in [7, 11) is 0. The largest absolute Gasteiger partial charge is 0.479 e. The molecule has 1 aromatic carbocycles. The number of rotatable bonds is 4. The Balaban J connectivity index is 2.05. The maximum Gasteiger partial charge on any atom is 0.411 e. The molecule has 1 aromatic rings. The summed E-state index contributed by atoms with van der Waals surface area (Å²) in [5.41, 5.74) is -1.95. The van der Waals surface area contributed by atoms with Crippen molar-refractivity contribution in [2.75, 3.05) is 0 Å². The van der Waals surface area contributed by atoms with Gasteiger partial charge in [0.2, 0.25) is 0 Å². The van der Waals surface area contributed by atoms with Gasteiger partial charge in [0.1, 0.15) is 5.54 Å². The normalized spacial score (nSPS) is 17.7. The Labute approximate surface area is 118 Å². The summed E-state index contributed by atoms with van der Waals surface area (Å²) in [4.78, 5) is 22.8. The van der Waals surface area contributed by atoms with Crippen molar-refractivity contribution in [2.45, 2.75) is 30.6 Å². The number of halogens is 3. The highest BCUT2D eigenvalue weighted by Crippen LogP contribution is 2.48. The van der Waals surface area contributed by atoms with Gasteiger partial charge in [0.05, 0.1) is 0 Å². The first-order valence-electron chi connectivity index (χ1n) is 6.18. The van der Waals surface area contributed by atoms with Crippen LogP contribution in [0.2, 0.25) is 0 Å². The van der Waals surface area contributed by atoms with Crippen LogP contribution in [0.1, 0.15) is 24.4 Å². The van der Waals surface area contributed by atoms with E-state index < -0.39 is 29.8 Å². The van der Waals surface area contributed by atoms with E-state index in [1.165, 1.54) is 12.1 Å². The van der Waals surface area contributed by atoms with Gasteiger partial charge in [-0.3, -0.25) is 0 Å². The van der Waals surface area contributed by atoms with E-state index in [1.807, 2.05) is 5.32 Å². The Morgan fingerprint density at radius 3 is 2.19 bits per heavy atom. The van der Waals surface area contributed by atoms with E-state index in [0.717, 1.165) is 0 Å². The second-order valence-corrected chi connectivity index (χ2v) is 4.86. The van der Waals surface area contributed by atoms with Crippen molar-refractivity contribution in [2.24, 2.45) is 0 Å². The lowest BCUT2D eigenvalue weighted by molar-refractivity contribution is -0.162. The fourth-order valence-corrected chi connectivity index (χ4v) is 1.92. The number of urea groups is 1. The number of hydrogen-bond donors (Lipinski definition) is 3. The highest BCUT2D eigenvalue weighted by atomic mass is 19.4. The SMILES string of the molecule is O=C(NC(C(=O)O)c1ccccc1)NC1(C(F)(F)F)CC1. The van der Waals surface area contributed by atoms with Crippen LogP contribution in [0, 0.1) is 0 Å². The van der Waals surface area contributed by atoms with Gasteiger partial charge < -0.3 is 15.7 Å². The number of benzene rings is 1. The van der Waals surface area contributed by atoms with Gasteiger partial charge in [0.25, 0.3) is 0 Å². The molecule has 1 atom stereocenters. The summed E-state index contributed by atoms with van der Waals surface area (Å²) >= 11 is 0. The van der Waals surface area contributed by atoms with E-state index >= 15 is 0 Å². The molecular weight excluding hydrogens is 289 g/mol. The Morgan fingerprint density at radius 1 is 1.19 bits per heavy atom. The Hall–Kier alpha value is -2.25. The van der Waals surface area contributed by atoms with Crippen molar-refractivity contribution in [3.05, 3.63) is 35.9 Å². The summed E-state index contributed by atoms with van der Waals surface area (Å²) < 4.78 is 38.1. The number of alkyl halides is 3. The molecule has 2 rings (SSSR count). The number of aliphatic carboxylic acids is 1. The zero-order valence-corrected chi connectivity index (χ0v) is 10.8. The van der Waals surface area contributed by atoms with Crippen molar-refractivity contribution >= 4 is 12.0 Å². The molecule has 1 aliphatic rings. The van der Waals surface area contributed by atoms with E-state index in [9.17, 15) is 22.8 Å². The second-order valence-electron chi connectivity index (χ2n) is 4.86. The van der Waals surface area contributed by atoms with Crippen LogP contribution in [-0.2, 0) is 4.79 Å². The van der Waals surface area contributed by atoms with Crippen LogP contribution < -0.4 is 10.6 Å². The zero-order chi connectivity index (χ0) is 15.7. The molecule has 0 spiro atoms. The van der Waals surface area contributed by atoms with E-state index in [1.54, 1.807) is 18.2 Å². The van der Waals surface area contributed by atoms with Gasteiger partial charge >= 0.3 is 18.2 Å². The molecule has 0 bridgehead atoms. The third-order valence-corrected chi connectivity index (χ3v) is 3.30. The van der Waals surface area contributed by atoms with Crippen LogP contribution >= 0.6 is 0 Å². The number of carboxylic acids is 1. The van der Waals surface area contributed by atoms with Gasteiger partial charge in [-0.1, -0.05) is 30.3 Å². The second kappa shape index (κ2) is 5.27. The summed E-state index contributed by atoms with van der Waals surface area (Å²) in [5.74, 6) is -1.35. The molecule has 1 unspecified atom stereocenters. The molecule has 8 heteroatoms. The fraction of sp³-hybridized carbons (Fsp3) is 0.385. The van der Waals surface area contributed by atoms with Crippen LogP contribution in [0.3, 0.4) is 0 Å². The van der Waals surface area contributed by atoms with Crippen LogP contribution in [0.5, 0.6) is 0 Å². The number of hydrogen-bond acceptors (Lipinski definition) is 2. The Kier molecular flexibility index (Phi) is 3.80. The first-order chi connectivity index (χ1) is 9.75. The standard InChI is InChI=1S/C13H13F3N2O3/c14-13(15,16)12(6-7-12)18-11(21)17-9(10(19)20)8-4-2-1-3-5-8/h1-5,9H,6-7H2,(H,19,20)(H2,17,18,21). The quantitative estimate of drug-likeness (QED) is 0.798. The third-order valence-electron chi connectivity index (χ3n) is 3.30. The molecule has 1 fully saturated rings. The van der Waals surface area contributed by atoms with Crippen LogP contribution in [0.25, 0.3) is 0 Å². The number of nitrogens with one attached hydrogen (secondary N) is 2. The summed E-state index contributed by atoms with van der Waals surface area (Å²) in [6.07, 6.45) is -4.95. The van der Waals surface area contributed by atoms with Crippen molar-refractivity contribution < 1.29 is 27.9 Å². The molecule has 0 heterocycles. The molecule has 0 saturated heterocycles. The summed E-state index contributed by atoms with van der Waals surface area (Å²) in [5, 5.41) is 13.0. The van der Waals surface area contributed by atoms with Crippen molar-refractivity contribution in [3.63, 3.8) is 0 Å². The summed E-state index contributed by atoms with van der Waals surface area (Å²) in [6.45, 7) is 0. The van der Waals surface area contributed by atoms with E-state index in [4.69, 9.17) is 5.11 Å². The molecule has 1 aliphatic carbocycles. The first-order valence-corrected chi connectivity index (χ1v) is 6.18. The maximum absolute atomic E-state index is 12.7. The highest BCUT2D eigenvalue weighted by Gasteiger charge is 2.64. The Bertz CT molecular complexity index is 541. The minimum atomic E-state index is -4.55. The maximum atomic E-state index is 12.7. The molecule has 21 heavy (non-hydrogen) atoms. The van der Waals surface area contributed by atoms with Gasteiger partial charge in [-0.05, 0) is 18.4 Å². The molecular formula is C13H13F3N2O3. The predicted octanol–water partition coefficient (Wildman–Crippen LogP) is 2.21. The summed E-state index contributed by atoms with van der Waals surface area (Å²) in [6, 6.07) is 5.18. The van der Waals surface area contributed by atoms with Crippen LogP contribution in [0.15, 0.2) is 30.3 Å². The van der Waals surface area contributed by atoms with E-state index in [-0.39, 0.29) is 18.4 Å². The predicted molar refractivity (Wildman–Crippen MR) is 66.5 cm³/mol. The molecule has 114 valence electrons. The van der Waals surface area contributed by atoms with Gasteiger partial charge in [0, 0.05) is 0 Å². The molecule has 0 aromatic heterocycles. The topological polar surface area (TPSA) is 78.4 Å². The number of amides is 2. The molecule has 0 radical (unpaired) electrons. The number of carbonyl (C=O) groups excluding carboxylic acids is 1. The van der Waals surface area contributed by atoms with Gasteiger partial charge in [-0.25, -0.2) is 9.59 Å². The van der Waals surface area contributed by atoms with Crippen molar-refractivity contribution in [3.8, 4) is 0 Å². The third kappa shape index (κ3) is 3.26. The molecule has 0 aliphatic heterocycles. The first kappa shape index (κ1) is 15.1. The minimum Gasteiger partial charge on any atom is -0.479 e. The van der Waals surface area contributed by atoms with E-state index in [2.05, 4.69) is 5.32 Å². The lowest BCUT2D eigenvalue weighted by Gasteiger charge is -2.22. The monoisotopic (exact) mass is 302 g/mol. The van der Waals surface area contributed by atoms with Crippen molar-refractivity contribution in [1.29, 1.82) is 0 Å². The highest BCUT2D eigenvalue weighted by molar-refractivity contribution is 5.84. The lowest BCUT2D eigenvalue weighted by Crippen LogP contribution is -2.52. The zero-order valence-electron chi connectivity index (χ0n) is 10.8. The van der Waals surface area contributed by atoms with Crippen molar-refractivity contribution in [1.82, 2.24) is 10.6 Å². The van der Waals surface area contributed by atoms with Gasteiger partial charge in [-0.2, -0.15) is 13.2 Å². The average Bonchev–Trinajstić information content (AvgIpc) is 3.17. The number of carbonyl (C=O) groups is 2. The average molecular weight is 302 g/mol. The lowest BCUT2D eigenvalue weighted by atomic mass is 10.1. The molecule has 1 saturated carbocycles. The molecule has 5 nitrogen and oxygen atoms in total. The molecule has 2 amide bonds. The van der Waals surface area contributed by atoms with Gasteiger partial charge in [0.15, 0.2) is 6.04 Å².